The van der Waals surface area contributed by atoms with Crippen molar-refractivity contribution in [2.75, 3.05) is 26.7 Å². The minimum atomic E-state index is -0.884. The van der Waals surface area contributed by atoms with E-state index in [9.17, 15) is 14.4 Å². The van der Waals surface area contributed by atoms with E-state index in [2.05, 4.69) is 5.32 Å². The number of hydrogen-bond acceptors (Lipinski definition) is 4. The normalized spacial score (nSPS) is 14.3. The number of rotatable bonds is 9. The second-order valence-corrected chi connectivity index (χ2v) is 5.80. The molecule has 0 radical (unpaired) electrons. The topological polar surface area (TPSA) is 90.0 Å². The van der Waals surface area contributed by atoms with Crippen molar-refractivity contribution >= 4 is 17.8 Å². The third-order valence-electron chi connectivity index (χ3n) is 3.43. The summed E-state index contributed by atoms with van der Waals surface area (Å²) < 4.78 is 0. The van der Waals surface area contributed by atoms with Gasteiger partial charge in [0.1, 0.15) is 0 Å². The van der Waals surface area contributed by atoms with Gasteiger partial charge >= 0.3 is 5.97 Å². The molecular weight excluding hydrogens is 274 g/mol. The molecular formula is C14H25N3O4. The first-order valence-corrected chi connectivity index (χ1v) is 7.28. The van der Waals surface area contributed by atoms with E-state index >= 15 is 0 Å². The highest BCUT2D eigenvalue weighted by atomic mass is 16.4. The number of carboxylic acid groups (broad SMARTS) is 1. The van der Waals surface area contributed by atoms with Crippen LogP contribution in [-0.2, 0) is 14.4 Å². The molecule has 0 unspecified atom stereocenters. The Labute approximate surface area is 125 Å². The van der Waals surface area contributed by atoms with Crippen molar-refractivity contribution in [3.63, 3.8) is 0 Å². The summed E-state index contributed by atoms with van der Waals surface area (Å²) in [5, 5.41) is 11.6. The number of amides is 2. The Balaban J connectivity index is 2.39. The number of nitrogens with zero attached hydrogens (tertiary/aromatic N) is 2. The fraction of sp³-hybridized carbons (Fsp3) is 0.786. The predicted octanol–water partition coefficient (Wildman–Crippen LogP) is -0.0915. The molecule has 1 aliphatic rings. The molecule has 0 bridgehead atoms. The summed E-state index contributed by atoms with van der Waals surface area (Å²) in [7, 11) is 1.59. The third kappa shape index (κ3) is 7.08. The van der Waals surface area contributed by atoms with Crippen molar-refractivity contribution in [2.24, 2.45) is 0 Å². The maximum atomic E-state index is 12.1. The fourth-order valence-corrected chi connectivity index (χ4v) is 1.86. The zero-order chi connectivity index (χ0) is 16.0. The molecule has 2 amide bonds. The number of carbonyl (C=O) groups is 3. The lowest BCUT2D eigenvalue weighted by atomic mass is 10.2. The summed E-state index contributed by atoms with van der Waals surface area (Å²) >= 11 is 0. The molecule has 7 nitrogen and oxygen atoms in total. The van der Waals surface area contributed by atoms with Crippen LogP contribution in [0, 0.1) is 0 Å². The monoisotopic (exact) mass is 299 g/mol. The number of aliphatic carboxylic acids is 1. The SMILES string of the molecule is CC(C)N(CCC(=O)O)CC(=O)N(C)CC(=O)NC1CC1. The average molecular weight is 299 g/mol. The Morgan fingerprint density at radius 2 is 1.86 bits per heavy atom. The number of hydrogen-bond donors (Lipinski definition) is 2. The Bertz CT molecular complexity index is 394. The first kappa shape index (κ1) is 17.4. The highest BCUT2D eigenvalue weighted by Gasteiger charge is 2.25. The Kier molecular flexibility index (Phi) is 6.61. The quantitative estimate of drug-likeness (QED) is 0.621. The Morgan fingerprint density at radius 3 is 2.33 bits per heavy atom. The summed E-state index contributed by atoms with van der Waals surface area (Å²) in [6, 6.07) is 0.353. The molecule has 120 valence electrons. The molecule has 7 heteroatoms. The van der Waals surface area contributed by atoms with Gasteiger partial charge in [-0.05, 0) is 26.7 Å². The summed E-state index contributed by atoms with van der Waals surface area (Å²) in [5.41, 5.74) is 0. The molecule has 0 aromatic heterocycles. The van der Waals surface area contributed by atoms with Crippen molar-refractivity contribution < 1.29 is 19.5 Å². The molecule has 0 aliphatic heterocycles. The van der Waals surface area contributed by atoms with Crippen LogP contribution in [0.1, 0.15) is 33.1 Å². The Morgan fingerprint density at radius 1 is 1.24 bits per heavy atom. The van der Waals surface area contributed by atoms with E-state index in [-0.39, 0.29) is 43.4 Å². The standard InChI is InChI=1S/C14H25N3O4/c1-10(2)17(7-6-14(20)21)9-13(19)16(3)8-12(18)15-11-4-5-11/h10-11H,4-9H2,1-3H3,(H,15,18)(H,20,21). The van der Waals surface area contributed by atoms with Gasteiger partial charge < -0.3 is 15.3 Å². The molecule has 0 aromatic carbocycles. The molecule has 0 heterocycles. The summed E-state index contributed by atoms with van der Waals surface area (Å²) in [5.74, 6) is -1.21. The lowest BCUT2D eigenvalue weighted by molar-refractivity contribution is -0.139. The molecule has 0 spiro atoms. The van der Waals surface area contributed by atoms with Gasteiger partial charge in [0, 0.05) is 25.7 Å². The third-order valence-corrected chi connectivity index (χ3v) is 3.43. The van der Waals surface area contributed by atoms with E-state index in [1.54, 1.807) is 11.9 Å². The van der Waals surface area contributed by atoms with Gasteiger partial charge in [-0.25, -0.2) is 0 Å². The van der Waals surface area contributed by atoms with E-state index < -0.39 is 5.97 Å². The number of carboxylic acids is 1. The van der Waals surface area contributed by atoms with Gasteiger partial charge in [-0.15, -0.1) is 0 Å². The minimum absolute atomic E-state index is 0.00264. The van der Waals surface area contributed by atoms with Crippen LogP contribution in [0.25, 0.3) is 0 Å². The van der Waals surface area contributed by atoms with Gasteiger partial charge in [-0.2, -0.15) is 0 Å². The van der Waals surface area contributed by atoms with Crippen molar-refractivity contribution in [1.82, 2.24) is 15.1 Å². The lowest BCUT2D eigenvalue weighted by Crippen LogP contribution is -2.45. The molecule has 0 aromatic rings. The second kappa shape index (κ2) is 7.97. The first-order valence-electron chi connectivity index (χ1n) is 7.28. The van der Waals surface area contributed by atoms with Gasteiger partial charge in [0.25, 0.3) is 0 Å². The largest absolute Gasteiger partial charge is 0.481 e. The molecule has 1 rings (SSSR count). The molecule has 2 N–H and O–H groups in total. The summed E-state index contributed by atoms with van der Waals surface area (Å²) in [4.78, 5) is 37.5. The van der Waals surface area contributed by atoms with Crippen LogP contribution in [0.5, 0.6) is 0 Å². The van der Waals surface area contributed by atoms with E-state index in [1.165, 1.54) is 4.90 Å². The minimum Gasteiger partial charge on any atom is -0.481 e. The molecule has 0 saturated heterocycles. The van der Waals surface area contributed by atoms with Crippen molar-refractivity contribution in [1.29, 1.82) is 0 Å². The fourth-order valence-electron chi connectivity index (χ4n) is 1.86. The van der Waals surface area contributed by atoms with E-state index in [0.717, 1.165) is 12.8 Å². The summed E-state index contributed by atoms with van der Waals surface area (Å²) in [6.45, 7) is 4.31. The zero-order valence-corrected chi connectivity index (χ0v) is 13.0. The van der Waals surface area contributed by atoms with Gasteiger partial charge in [-0.3, -0.25) is 19.3 Å². The molecule has 1 fully saturated rings. The lowest BCUT2D eigenvalue weighted by Gasteiger charge is -2.27. The van der Waals surface area contributed by atoms with Crippen molar-refractivity contribution in [3.8, 4) is 0 Å². The Hall–Kier alpha value is -1.63. The van der Waals surface area contributed by atoms with E-state index in [1.807, 2.05) is 13.8 Å². The van der Waals surface area contributed by atoms with Gasteiger partial charge in [-0.1, -0.05) is 0 Å². The molecule has 0 atom stereocenters. The van der Waals surface area contributed by atoms with Gasteiger partial charge in [0.05, 0.1) is 19.5 Å². The highest BCUT2D eigenvalue weighted by molar-refractivity contribution is 5.85. The van der Waals surface area contributed by atoms with Crippen LogP contribution in [0.4, 0.5) is 0 Å². The molecule has 21 heavy (non-hydrogen) atoms. The maximum absolute atomic E-state index is 12.1. The van der Waals surface area contributed by atoms with Crippen LogP contribution in [0.3, 0.4) is 0 Å². The molecule has 1 aliphatic carbocycles. The maximum Gasteiger partial charge on any atom is 0.304 e. The summed E-state index contributed by atoms with van der Waals surface area (Å²) in [6.07, 6.45) is 2.02. The van der Waals surface area contributed by atoms with Gasteiger partial charge in [0.15, 0.2) is 0 Å². The van der Waals surface area contributed by atoms with Crippen LogP contribution < -0.4 is 5.32 Å². The molecule has 1 saturated carbocycles. The zero-order valence-electron chi connectivity index (χ0n) is 13.0. The van der Waals surface area contributed by atoms with Crippen LogP contribution >= 0.6 is 0 Å². The number of carbonyl (C=O) groups excluding carboxylic acids is 2. The van der Waals surface area contributed by atoms with Crippen LogP contribution in [-0.4, -0.2) is 71.5 Å². The van der Waals surface area contributed by atoms with E-state index in [0.29, 0.717) is 6.54 Å². The smallest absolute Gasteiger partial charge is 0.304 e. The van der Waals surface area contributed by atoms with E-state index in [4.69, 9.17) is 5.11 Å². The first-order chi connectivity index (χ1) is 9.79. The second-order valence-electron chi connectivity index (χ2n) is 5.80. The number of likely N-dealkylation sites (N-methyl/N-ethyl adjacent to an activating group) is 1. The number of nitrogens with one attached hydrogen (secondary N) is 1. The van der Waals surface area contributed by atoms with Crippen molar-refractivity contribution in [2.45, 2.75) is 45.2 Å². The highest BCUT2D eigenvalue weighted by Crippen LogP contribution is 2.18. The van der Waals surface area contributed by atoms with Crippen LogP contribution in [0.15, 0.2) is 0 Å². The predicted molar refractivity (Wildman–Crippen MR) is 77.8 cm³/mol. The average Bonchev–Trinajstić information content (AvgIpc) is 3.16. The van der Waals surface area contributed by atoms with Crippen LogP contribution in [0.2, 0.25) is 0 Å². The van der Waals surface area contributed by atoms with Crippen molar-refractivity contribution in [3.05, 3.63) is 0 Å². The van der Waals surface area contributed by atoms with Gasteiger partial charge in [0.2, 0.25) is 11.8 Å².